The fraction of sp³-hybridized carbons (Fsp3) is 0.348. The zero-order valence-corrected chi connectivity index (χ0v) is 16.1. The molecular formula is C23H29N3O. The quantitative estimate of drug-likeness (QED) is 0.722. The van der Waals surface area contributed by atoms with Gasteiger partial charge in [-0.25, -0.2) is 0 Å². The highest BCUT2D eigenvalue weighted by atomic mass is 16.3. The molecule has 3 rings (SSSR count). The van der Waals surface area contributed by atoms with Gasteiger partial charge in [-0.15, -0.1) is 0 Å². The number of piperidine rings is 1. The topological polar surface area (TPSA) is 48.4 Å². The number of pyridine rings is 1. The standard InChI is InChI=1S/C23H29N3O/c1-18(13-19(2)25-15-20-7-5-11-24-14-20)21-9-6-12-26(16-21)17-22-8-3-4-10-23(22)27/h3-5,7-8,10-11,13-14,21,25,27H,1,6,9,12,15-17H2,2H3/b19-13+. The van der Waals surface area contributed by atoms with Crippen LogP contribution in [0.2, 0.25) is 0 Å². The van der Waals surface area contributed by atoms with E-state index in [0.717, 1.165) is 43.9 Å². The summed E-state index contributed by atoms with van der Waals surface area (Å²) >= 11 is 0. The number of nitrogens with one attached hydrogen (secondary N) is 1. The van der Waals surface area contributed by atoms with Gasteiger partial charge >= 0.3 is 0 Å². The lowest BCUT2D eigenvalue weighted by atomic mass is 9.90. The highest BCUT2D eigenvalue weighted by Gasteiger charge is 2.22. The molecule has 0 radical (unpaired) electrons. The Balaban J connectivity index is 1.53. The van der Waals surface area contributed by atoms with Gasteiger partial charge in [0.25, 0.3) is 0 Å². The minimum Gasteiger partial charge on any atom is -0.508 e. The number of likely N-dealkylation sites (tertiary alicyclic amines) is 1. The van der Waals surface area contributed by atoms with Crippen LogP contribution in [0.3, 0.4) is 0 Å². The van der Waals surface area contributed by atoms with Crippen molar-refractivity contribution in [1.29, 1.82) is 0 Å². The van der Waals surface area contributed by atoms with Gasteiger partial charge in [-0.05, 0) is 61.6 Å². The molecule has 1 aromatic carbocycles. The molecule has 4 nitrogen and oxygen atoms in total. The van der Waals surface area contributed by atoms with Crippen LogP contribution < -0.4 is 5.32 Å². The average Bonchev–Trinajstić information content (AvgIpc) is 2.69. The molecule has 0 aliphatic carbocycles. The molecule has 2 aromatic rings. The molecule has 2 N–H and O–H groups in total. The van der Waals surface area contributed by atoms with E-state index in [0.29, 0.717) is 11.7 Å². The smallest absolute Gasteiger partial charge is 0.120 e. The maximum absolute atomic E-state index is 10.0. The van der Waals surface area contributed by atoms with Crippen molar-refractivity contribution in [2.24, 2.45) is 5.92 Å². The number of para-hydroxylation sites is 1. The number of benzene rings is 1. The third kappa shape index (κ3) is 5.69. The molecule has 1 aromatic heterocycles. The summed E-state index contributed by atoms with van der Waals surface area (Å²) in [7, 11) is 0. The Labute approximate surface area is 162 Å². The van der Waals surface area contributed by atoms with E-state index in [1.165, 1.54) is 17.6 Å². The molecular weight excluding hydrogens is 334 g/mol. The van der Waals surface area contributed by atoms with E-state index in [1.807, 2.05) is 30.5 Å². The van der Waals surface area contributed by atoms with Gasteiger partial charge in [0.05, 0.1) is 0 Å². The number of phenols is 1. The van der Waals surface area contributed by atoms with Gasteiger partial charge in [-0.3, -0.25) is 9.88 Å². The monoisotopic (exact) mass is 363 g/mol. The van der Waals surface area contributed by atoms with Crippen LogP contribution in [0.1, 0.15) is 30.9 Å². The summed E-state index contributed by atoms with van der Waals surface area (Å²) in [5.74, 6) is 0.841. The number of allylic oxidation sites excluding steroid dienone is 2. The number of rotatable bonds is 7. The Bertz CT molecular complexity index is 785. The fourth-order valence-corrected chi connectivity index (χ4v) is 3.58. The summed E-state index contributed by atoms with van der Waals surface area (Å²) in [6.07, 6.45) is 8.17. The average molecular weight is 364 g/mol. The zero-order valence-electron chi connectivity index (χ0n) is 16.1. The number of phenolic OH excluding ortho intramolecular Hbond substituents is 1. The zero-order chi connectivity index (χ0) is 19.1. The Morgan fingerprint density at radius 3 is 2.96 bits per heavy atom. The molecule has 1 atom stereocenters. The van der Waals surface area contributed by atoms with E-state index in [9.17, 15) is 5.11 Å². The molecule has 0 amide bonds. The number of aromatic hydroxyl groups is 1. The van der Waals surface area contributed by atoms with Crippen LogP contribution in [0.25, 0.3) is 0 Å². The van der Waals surface area contributed by atoms with Crippen LogP contribution in [0.15, 0.2) is 72.7 Å². The molecule has 27 heavy (non-hydrogen) atoms. The van der Waals surface area contributed by atoms with E-state index in [4.69, 9.17) is 0 Å². The lowest BCUT2D eigenvalue weighted by Gasteiger charge is -2.33. The molecule has 0 saturated carbocycles. The van der Waals surface area contributed by atoms with Crippen molar-refractivity contribution in [3.63, 3.8) is 0 Å². The van der Waals surface area contributed by atoms with Crippen molar-refractivity contribution in [2.75, 3.05) is 13.1 Å². The van der Waals surface area contributed by atoms with Crippen LogP contribution in [0.4, 0.5) is 0 Å². The molecule has 1 unspecified atom stereocenters. The van der Waals surface area contributed by atoms with Gasteiger partial charge in [0.2, 0.25) is 0 Å². The summed E-state index contributed by atoms with van der Waals surface area (Å²) in [6.45, 7) is 10.0. The first-order valence-corrected chi connectivity index (χ1v) is 9.61. The van der Waals surface area contributed by atoms with Gasteiger partial charge in [0.1, 0.15) is 5.75 Å². The number of aromatic nitrogens is 1. The second-order valence-electron chi connectivity index (χ2n) is 7.32. The van der Waals surface area contributed by atoms with E-state index in [2.05, 4.69) is 40.8 Å². The fourth-order valence-electron chi connectivity index (χ4n) is 3.58. The molecule has 142 valence electrons. The van der Waals surface area contributed by atoms with E-state index in [-0.39, 0.29) is 0 Å². The number of nitrogens with zero attached hydrogens (tertiary/aromatic N) is 2. The van der Waals surface area contributed by atoms with Gasteiger partial charge in [0, 0.05) is 43.3 Å². The highest BCUT2D eigenvalue weighted by molar-refractivity contribution is 5.31. The van der Waals surface area contributed by atoms with Crippen molar-refractivity contribution in [3.8, 4) is 5.75 Å². The molecule has 0 spiro atoms. The molecule has 1 saturated heterocycles. The first-order chi connectivity index (χ1) is 13.1. The Kier molecular flexibility index (Phi) is 6.66. The predicted molar refractivity (Wildman–Crippen MR) is 110 cm³/mol. The SMILES string of the molecule is C=C(/C=C(\C)NCc1cccnc1)C1CCCN(Cc2ccccc2O)C1. The molecule has 1 aliphatic heterocycles. The number of hydrogen-bond acceptors (Lipinski definition) is 4. The van der Waals surface area contributed by atoms with Crippen LogP contribution in [0, 0.1) is 5.92 Å². The largest absolute Gasteiger partial charge is 0.508 e. The van der Waals surface area contributed by atoms with E-state index in [1.54, 1.807) is 12.3 Å². The minimum absolute atomic E-state index is 0.383. The first-order valence-electron chi connectivity index (χ1n) is 9.61. The molecule has 0 bridgehead atoms. The summed E-state index contributed by atoms with van der Waals surface area (Å²) in [4.78, 5) is 6.56. The Morgan fingerprint density at radius 1 is 1.33 bits per heavy atom. The lowest BCUT2D eigenvalue weighted by molar-refractivity contribution is 0.184. The van der Waals surface area contributed by atoms with Gasteiger partial charge in [0.15, 0.2) is 0 Å². The van der Waals surface area contributed by atoms with Crippen molar-refractivity contribution in [3.05, 3.63) is 83.8 Å². The van der Waals surface area contributed by atoms with Crippen molar-refractivity contribution in [2.45, 2.75) is 32.9 Å². The molecule has 4 heteroatoms. The van der Waals surface area contributed by atoms with Gasteiger partial charge in [-0.1, -0.05) is 30.8 Å². The normalized spacial score (nSPS) is 18.3. The third-order valence-corrected chi connectivity index (χ3v) is 5.11. The van der Waals surface area contributed by atoms with Crippen LogP contribution in [-0.2, 0) is 13.1 Å². The van der Waals surface area contributed by atoms with E-state index < -0.39 is 0 Å². The Morgan fingerprint density at radius 2 is 2.19 bits per heavy atom. The summed E-state index contributed by atoms with van der Waals surface area (Å²) in [5, 5.41) is 13.5. The van der Waals surface area contributed by atoms with Crippen molar-refractivity contribution < 1.29 is 5.11 Å². The van der Waals surface area contributed by atoms with Crippen LogP contribution >= 0.6 is 0 Å². The first kappa shape index (κ1) is 19.2. The van der Waals surface area contributed by atoms with Gasteiger partial charge in [-0.2, -0.15) is 0 Å². The summed E-state index contributed by atoms with van der Waals surface area (Å²) < 4.78 is 0. The second kappa shape index (κ2) is 9.38. The van der Waals surface area contributed by atoms with Crippen molar-refractivity contribution in [1.82, 2.24) is 15.2 Å². The van der Waals surface area contributed by atoms with E-state index >= 15 is 0 Å². The van der Waals surface area contributed by atoms with Crippen molar-refractivity contribution >= 4 is 0 Å². The lowest BCUT2D eigenvalue weighted by Crippen LogP contribution is -2.35. The highest BCUT2D eigenvalue weighted by Crippen LogP contribution is 2.26. The predicted octanol–water partition coefficient (Wildman–Crippen LogP) is 4.25. The molecule has 1 aliphatic rings. The van der Waals surface area contributed by atoms with Gasteiger partial charge < -0.3 is 10.4 Å². The summed E-state index contributed by atoms with van der Waals surface area (Å²) in [5.41, 5.74) is 4.46. The number of hydrogen-bond donors (Lipinski definition) is 2. The molecule has 1 fully saturated rings. The molecule has 2 heterocycles. The third-order valence-electron chi connectivity index (χ3n) is 5.11. The maximum atomic E-state index is 10.0. The summed E-state index contributed by atoms with van der Waals surface area (Å²) in [6, 6.07) is 11.6. The Hall–Kier alpha value is -2.59. The maximum Gasteiger partial charge on any atom is 0.120 e. The second-order valence-corrected chi connectivity index (χ2v) is 7.32. The van der Waals surface area contributed by atoms with Crippen LogP contribution in [0.5, 0.6) is 5.75 Å². The minimum atomic E-state index is 0.383. The van der Waals surface area contributed by atoms with Crippen LogP contribution in [-0.4, -0.2) is 28.1 Å².